The molecule has 1 fully saturated rings. The fraction of sp³-hybridized carbons (Fsp3) is 0.412. The topological polar surface area (TPSA) is 15.3 Å². The first-order valence-electron chi connectivity index (χ1n) is 7.46. The number of anilines is 1. The maximum atomic E-state index is 3.45. The quantitative estimate of drug-likeness (QED) is 0.827. The molecule has 0 amide bonds. The summed E-state index contributed by atoms with van der Waals surface area (Å²) in [7, 11) is 0. The van der Waals surface area contributed by atoms with Crippen molar-refractivity contribution in [3.8, 4) is 0 Å². The number of para-hydroxylation sites is 1. The normalized spacial score (nSPS) is 14.4. The van der Waals surface area contributed by atoms with Gasteiger partial charge in [0.1, 0.15) is 0 Å². The van der Waals surface area contributed by atoms with E-state index in [4.69, 9.17) is 0 Å². The summed E-state index contributed by atoms with van der Waals surface area (Å²) in [6, 6.07) is 14.0. The van der Waals surface area contributed by atoms with E-state index in [9.17, 15) is 0 Å². The molecule has 1 saturated carbocycles. The van der Waals surface area contributed by atoms with Crippen LogP contribution in [0.5, 0.6) is 0 Å². The van der Waals surface area contributed by atoms with E-state index >= 15 is 0 Å². The Morgan fingerprint density at radius 3 is 2.75 bits per heavy atom. The maximum Gasteiger partial charge on any atom is 0.0526 e. The Morgan fingerprint density at radius 2 is 2.05 bits per heavy atom. The van der Waals surface area contributed by atoms with E-state index in [0.717, 1.165) is 25.7 Å². The highest BCUT2D eigenvalue weighted by Gasteiger charge is 2.30. The average Bonchev–Trinajstić information content (AvgIpc) is 3.20. The standard InChI is InChI=1S/C17H22N2S/c1-2-18-12-14-6-3-4-8-17(14)19(15-9-10-15)13-16-7-5-11-20-16/h3-8,11,15,18H,2,9-10,12-13H2,1H3. The fourth-order valence-corrected chi connectivity index (χ4v) is 3.27. The van der Waals surface area contributed by atoms with Crippen LogP contribution in [0.3, 0.4) is 0 Å². The highest BCUT2D eigenvalue weighted by molar-refractivity contribution is 7.09. The number of rotatable bonds is 7. The van der Waals surface area contributed by atoms with Gasteiger partial charge in [0.15, 0.2) is 0 Å². The van der Waals surface area contributed by atoms with Crippen LogP contribution in [0, 0.1) is 0 Å². The first-order valence-corrected chi connectivity index (χ1v) is 8.34. The van der Waals surface area contributed by atoms with Gasteiger partial charge in [-0.3, -0.25) is 0 Å². The summed E-state index contributed by atoms with van der Waals surface area (Å²) in [5, 5.41) is 5.63. The van der Waals surface area contributed by atoms with Gasteiger partial charge in [0.2, 0.25) is 0 Å². The molecule has 0 radical (unpaired) electrons. The number of thiophene rings is 1. The van der Waals surface area contributed by atoms with Gasteiger partial charge in [-0.2, -0.15) is 0 Å². The van der Waals surface area contributed by atoms with Crippen molar-refractivity contribution in [1.29, 1.82) is 0 Å². The molecule has 1 aromatic carbocycles. The van der Waals surface area contributed by atoms with Gasteiger partial charge in [-0.05, 0) is 42.5 Å². The second kappa shape index (κ2) is 6.42. The van der Waals surface area contributed by atoms with Crippen LogP contribution in [0.15, 0.2) is 41.8 Å². The lowest BCUT2D eigenvalue weighted by Gasteiger charge is -2.27. The van der Waals surface area contributed by atoms with Gasteiger partial charge < -0.3 is 10.2 Å². The third-order valence-corrected chi connectivity index (χ3v) is 4.62. The summed E-state index contributed by atoms with van der Waals surface area (Å²) in [5.41, 5.74) is 2.82. The van der Waals surface area contributed by atoms with E-state index in [1.807, 2.05) is 11.3 Å². The molecule has 106 valence electrons. The lowest BCUT2D eigenvalue weighted by atomic mass is 10.1. The molecule has 0 spiro atoms. The molecule has 1 heterocycles. The van der Waals surface area contributed by atoms with Crippen molar-refractivity contribution >= 4 is 17.0 Å². The summed E-state index contributed by atoms with van der Waals surface area (Å²) < 4.78 is 0. The Morgan fingerprint density at radius 1 is 1.20 bits per heavy atom. The SMILES string of the molecule is CCNCc1ccccc1N(Cc1cccs1)C1CC1. The van der Waals surface area contributed by atoms with Gasteiger partial charge in [0, 0.05) is 23.2 Å². The molecular formula is C17H22N2S. The van der Waals surface area contributed by atoms with Crippen LogP contribution in [0.1, 0.15) is 30.2 Å². The van der Waals surface area contributed by atoms with Gasteiger partial charge in [-0.15, -0.1) is 11.3 Å². The molecule has 0 atom stereocenters. The minimum atomic E-state index is 0.736. The molecule has 20 heavy (non-hydrogen) atoms. The van der Waals surface area contributed by atoms with E-state index in [2.05, 4.69) is 58.9 Å². The maximum absolute atomic E-state index is 3.45. The van der Waals surface area contributed by atoms with Crippen LogP contribution in [-0.2, 0) is 13.1 Å². The Kier molecular flexibility index (Phi) is 4.38. The van der Waals surface area contributed by atoms with Crippen molar-refractivity contribution in [1.82, 2.24) is 5.32 Å². The molecule has 2 nitrogen and oxygen atoms in total. The molecule has 1 aliphatic rings. The third kappa shape index (κ3) is 3.22. The van der Waals surface area contributed by atoms with Crippen LogP contribution in [0.2, 0.25) is 0 Å². The van der Waals surface area contributed by atoms with Crippen LogP contribution in [-0.4, -0.2) is 12.6 Å². The molecule has 1 aromatic heterocycles. The average molecular weight is 286 g/mol. The number of nitrogens with zero attached hydrogens (tertiary/aromatic N) is 1. The van der Waals surface area contributed by atoms with Crippen LogP contribution in [0.25, 0.3) is 0 Å². The first-order chi connectivity index (χ1) is 9.88. The van der Waals surface area contributed by atoms with Crippen LogP contribution < -0.4 is 10.2 Å². The zero-order valence-corrected chi connectivity index (χ0v) is 12.8. The van der Waals surface area contributed by atoms with Crippen molar-refractivity contribution in [2.75, 3.05) is 11.4 Å². The summed E-state index contributed by atoms with van der Waals surface area (Å²) >= 11 is 1.86. The smallest absolute Gasteiger partial charge is 0.0526 e. The van der Waals surface area contributed by atoms with E-state index in [1.165, 1.54) is 29.0 Å². The number of benzene rings is 1. The van der Waals surface area contributed by atoms with Gasteiger partial charge >= 0.3 is 0 Å². The van der Waals surface area contributed by atoms with Crippen LogP contribution >= 0.6 is 11.3 Å². The number of hydrogen-bond donors (Lipinski definition) is 1. The Balaban J connectivity index is 1.83. The van der Waals surface area contributed by atoms with Crippen LogP contribution in [0.4, 0.5) is 5.69 Å². The molecular weight excluding hydrogens is 264 g/mol. The zero-order valence-electron chi connectivity index (χ0n) is 12.0. The number of hydrogen-bond acceptors (Lipinski definition) is 3. The van der Waals surface area contributed by atoms with E-state index < -0.39 is 0 Å². The molecule has 2 aromatic rings. The van der Waals surface area contributed by atoms with Gasteiger partial charge in [-0.1, -0.05) is 31.2 Å². The summed E-state index contributed by atoms with van der Waals surface area (Å²) in [4.78, 5) is 4.05. The molecule has 0 unspecified atom stereocenters. The second-order valence-electron chi connectivity index (χ2n) is 5.35. The summed E-state index contributed by atoms with van der Waals surface area (Å²) in [5.74, 6) is 0. The lowest BCUT2D eigenvalue weighted by molar-refractivity contribution is 0.716. The van der Waals surface area contributed by atoms with Crippen molar-refractivity contribution in [3.63, 3.8) is 0 Å². The Labute approximate surface area is 125 Å². The lowest BCUT2D eigenvalue weighted by Crippen LogP contribution is -2.26. The van der Waals surface area contributed by atoms with Gasteiger partial charge in [-0.25, -0.2) is 0 Å². The summed E-state index contributed by atoms with van der Waals surface area (Å²) in [6.45, 7) is 5.18. The molecule has 1 N–H and O–H groups in total. The van der Waals surface area contributed by atoms with E-state index in [-0.39, 0.29) is 0 Å². The first kappa shape index (κ1) is 13.7. The molecule has 1 aliphatic carbocycles. The van der Waals surface area contributed by atoms with E-state index in [0.29, 0.717) is 0 Å². The highest BCUT2D eigenvalue weighted by atomic mass is 32.1. The highest BCUT2D eigenvalue weighted by Crippen LogP contribution is 2.35. The Bertz CT molecular complexity index is 532. The van der Waals surface area contributed by atoms with E-state index in [1.54, 1.807) is 0 Å². The summed E-state index contributed by atoms with van der Waals surface area (Å²) in [6.07, 6.45) is 2.67. The largest absolute Gasteiger partial charge is 0.363 e. The molecule has 0 aliphatic heterocycles. The van der Waals surface area contributed by atoms with Crippen molar-refractivity contribution in [2.45, 2.75) is 38.9 Å². The third-order valence-electron chi connectivity index (χ3n) is 3.76. The van der Waals surface area contributed by atoms with Crippen molar-refractivity contribution in [3.05, 3.63) is 52.2 Å². The molecule has 3 rings (SSSR count). The second-order valence-corrected chi connectivity index (χ2v) is 6.38. The Hall–Kier alpha value is -1.32. The minimum Gasteiger partial charge on any atom is -0.363 e. The predicted molar refractivity (Wildman–Crippen MR) is 87.3 cm³/mol. The van der Waals surface area contributed by atoms with Crippen molar-refractivity contribution < 1.29 is 0 Å². The fourth-order valence-electron chi connectivity index (χ4n) is 2.57. The van der Waals surface area contributed by atoms with Gasteiger partial charge in [0.25, 0.3) is 0 Å². The minimum absolute atomic E-state index is 0.736. The van der Waals surface area contributed by atoms with Gasteiger partial charge in [0.05, 0.1) is 6.54 Å². The molecule has 0 bridgehead atoms. The molecule has 0 saturated heterocycles. The monoisotopic (exact) mass is 286 g/mol. The molecule has 3 heteroatoms. The number of nitrogens with one attached hydrogen (secondary N) is 1. The van der Waals surface area contributed by atoms with Crippen molar-refractivity contribution in [2.24, 2.45) is 0 Å². The zero-order chi connectivity index (χ0) is 13.8. The predicted octanol–water partition coefficient (Wildman–Crippen LogP) is 4.03.